The molecule has 96 valence electrons. The lowest BCUT2D eigenvalue weighted by Gasteiger charge is -2.29. The third kappa shape index (κ3) is 3.81. The Bertz CT molecular complexity index is 341. The molecule has 0 spiro atoms. The molecule has 2 heteroatoms. The zero-order valence-corrected chi connectivity index (χ0v) is 12.0. The summed E-state index contributed by atoms with van der Waals surface area (Å²) in [6, 6.07) is 4.70. The maximum atomic E-state index is 4.72. The fourth-order valence-corrected chi connectivity index (χ4v) is 2.32. The van der Waals surface area contributed by atoms with E-state index in [0.29, 0.717) is 6.04 Å². The molecule has 1 aromatic rings. The molecule has 1 rings (SSSR count). The van der Waals surface area contributed by atoms with Crippen LogP contribution in [0, 0.1) is 13.8 Å². The molecule has 0 N–H and O–H groups in total. The summed E-state index contributed by atoms with van der Waals surface area (Å²) in [6.07, 6.45) is 2.41. The first-order chi connectivity index (χ1) is 8.10. The van der Waals surface area contributed by atoms with Crippen LogP contribution in [-0.2, 0) is 0 Å². The smallest absolute Gasteiger partial charge is 0.0604 e. The highest BCUT2D eigenvalue weighted by Crippen LogP contribution is 2.22. The van der Waals surface area contributed by atoms with Crippen LogP contribution in [0.5, 0.6) is 0 Å². The van der Waals surface area contributed by atoms with Gasteiger partial charge in [0, 0.05) is 11.7 Å². The highest BCUT2D eigenvalue weighted by Gasteiger charge is 2.17. The van der Waals surface area contributed by atoms with Crippen molar-refractivity contribution in [1.29, 1.82) is 0 Å². The number of hydrogen-bond acceptors (Lipinski definition) is 2. The van der Waals surface area contributed by atoms with Crippen molar-refractivity contribution in [2.45, 2.75) is 53.5 Å². The summed E-state index contributed by atoms with van der Waals surface area (Å²) >= 11 is 0. The topological polar surface area (TPSA) is 16.1 Å². The molecular formula is C15H26N2. The second-order valence-electron chi connectivity index (χ2n) is 4.87. The van der Waals surface area contributed by atoms with Gasteiger partial charge < -0.3 is 0 Å². The third-order valence-electron chi connectivity index (χ3n) is 3.24. The van der Waals surface area contributed by atoms with Gasteiger partial charge in [-0.25, -0.2) is 0 Å². The molecule has 0 saturated heterocycles. The molecular weight excluding hydrogens is 208 g/mol. The van der Waals surface area contributed by atoms with Gasteiger partial charge >= 0.3 is 0 Å². The monoisotopic (exact) mass is 234 g/mol. The van der Waals surface area contributed by atoms with Crippen LogP contribution in [0.4, 0.5) is 0 Å². The molecule has 1 atom stereocenters. The highest BCUT2D eigenvalue weighted by atomic mass is 15.2. The van der Waals surface area contributed by atoms with E-state index in [-0.39, 0.29) is 0 Å². The van der Waals surface area contributed by atoms with Crippen molar-refractivity contribution < 1.29 is 0 Å². The second kappa shape index (κ2) is 6.75. The van der Waals surface area contributed by atoms with E-state index < -0.39 is 0 Å². The van der Waals surface area contributed by atoms with Crippen LogP contribution in [0.15, 0.2) is 12.1 Å². The maximum absolute atomic E-state index is 4.72. The predicted octanol–water partition coefficient (Wildman–Crippen LogP) is 3.88. The average molecular weight is 234 g/mol. The molecule has 0 bridgehead atoms. The van der Waals surface area contributed by atoms with Crippen molar-refractivity contribution in [1.82, 2.24) is 9.88 Å². The predicted molar refractivity (Wildman–Crippen MR) is 74.3 cm³/mol. The van der Waals surface area contributed by atoms with Crippen LogP contribution in [0.2, 0.25) is 0 Å². The van der Waals surface area contributed by atoms with E-state index in [2.05, 4.69) is 51.7 Å². The van der Waals surface area contributed by atoms with Crippen LogP contribution in [-0.4, -0.2) is 23.0 Å². The van der Waals surface area contributed by atoms with E-state index in [1.54, 1.807) is 0 Å². The first-order valence-electron chi connectivity index (χ1n) is 6.78. The summed E-state index contributed by atoms with van der Waals surface area (Å²) in [5.41, 5.74) is 3.66. The van der Waals surface area contributed by atoms with Gasteiger partial charge in [0.25, 0.3) is 0 Å². The van der Waals surface area contributed by atoms with Gasteiger partial charge in [-0.05, 0) is 58.3 Å². The van der Waals surface area contributed by atoms with Gasteiger partial charge in [0.2, 0.25) is 0 Å². The molecule has 17 heavy (non-hydrogen) atoms. The molecule has 0 aliphatic carbocycles. The molecule has 2 nitrogen and oxygen atoms in total. The van der Waals surface area contributed by atoms with Gasteiger partial charge in [0.15, 0.2) is 0 Å². The number of aromatic nitrogens is 1. The number of hydrogen-bond donors (Lipinski definition) is 0. The van der Waals surface area contributed by atoms with Crippen molar-refractivity contribution in [3.8, 4) is 0 Å². The molecule has 0 radical (unpaired) electrons. The molecule has 0 aliphatic rings. The average Bonchev–Trinajstić information content (AvgIpc) is 2.31. The molecule has 1 unspecified atom stereocenters. The zero-order valence-electron chi connectivity index (χ0n) is 12.0. The maximum Gasteiger partial charge on any atom is 0.0604 e. The summed E-state index contributed by atoms with van der Waals surface area (Å²) in [6.45, 7) is 13.3. The van der Waals surface area contributed by atoms with Crippen molar-refractivity contribution in [3.63, 3.8) is 0 Å². The Morgan fingerprint density at radius 3 is 2.24 bits per heavy atom. The van der Waals surface area contributed by atoms with Crippen LogP contribution in [0.3, 0.4) is 0 Å². The van der Waals surface area contributed by atoms with E-state index >= 15 is 0 Å². The van der Waals surface area contributed by atoms with E-state index in [4.69, 9.17) is 4.98 Å². The van der Waals surface area contributed by atoms with Gasteiger partial charge in [-0.2, -0.15) is 0 Å². The second-order valence-corrected chi connectivity index (χ2v) is 4.87. The zero-order chi connectivity index (χ0) is 12.8. The van der Waals surface area contributed by atoms with Crippen LogP contribution < -0.4 is 0 Å². The number of aryl methyl sites for hydroxylation is 2. The van der Waals surface area contributed by atoms with Crippen LogP contribution in [0.1, 0.15) is 56.6 Å². The molecule has 0 amide bonds. The number of pyridine rings is 1. The Balaban J connectivity index is 2.91. The summed E-state index contributed by atoms with van der Waals surface area (Å²) in [5.74, 6) is 0. The first kappa shape index (κ1) is 14.2. The normalized spacial score (nSPS) is 13.1. The molecule has 0 fully saturated rings. The molecule has 0 saturated carbocycles. The minimum atomic E-state index is 0.426. The standard InChI is InChI=1S/C15H26N2/c1-6-10-17(11-7-2)14(5)15-12(3)8-9-13(4)16-15/h8-9,14H,6-7,10-11H2,1-5H3. The third-order valence-corrected chi connectivity index (χ3v) is 3.24. The molecule has 1 heterocycles. The Morgan fingerprint density at radius 2 is 1.71 bits per heavy atom. The van der Waals surface area contributed by atoms with E-state index in [9.17, 15) is 0 Å². The fraction of sp³-hybridized carbons (Fsp3) is 0.667. The Kier molecular flexibility index (Phi) is 5.63. The van der Waals surface area contributed by atoms with Crippen molar-refractivity contribution >= 4 is 0 Å². The summed E-state index contributed by atoms with van der Waals surface area (Å²) < 4.78 is 0. The Morgan fingerprint density at radius 1 is 1.12 bits per heavy atom. The quantitative estimate of drug-likeness (QED) is 0.742. The number of rotatable bonds is 6. The summed E-state index contributed by atoms with van der Waals surface area (Å²) in [7, 11) is 0. The fourth-order valence-electron chi connectivity index (χ4n) is 2.32. The first-order valence-corrected chi connectivity index (χ1v) is 6.78. The van der Waals surface area contributed by atoms with Crippen molar-refractivity contribution in [3.05, 3.63) is 29.1 Å². The van der Waals surface area contributed by atoms with Gasteiger partial charge in [-0.3, -0.25) is 9.88 Å². The van der Waals surface area contributed by atoms with Gasteiger partial charge in [0.05, 0.1) is 5.69 Å². The van der Waals surface area contributed by atoms with Crippen molar-refractivity contribution in [2.75, 3.05) is 13.1 Å². The lowest BCUT2D eigenvalue weighted by Crippen LogP contribution is -2.29. The summed E-state index contributed by atoms with van der Waals surface area (Å²) in [5, 5.41) is 0. The van der Waals surface area contributed by atoms with Crippen LogP contribution >= 0.6 is 0 Å². The molecule has 1 aromatic heterocycles. The summed E-state index contributed by atoms with van der Waals surface area (Å²) in [4.78, 5) is 7.25. The highest BCUT2D eigenvalue weighted by molar-refractivity contribution is 5.23. The van der Waals surface area contributed by atoms with Crippen LogP contribution in [0.25, 0.3) is 0 Å². The Labute approximate surface area is 106 Å². The lowest BCUT2D eigenvalue weighted by atomic mass is 10.1. The Hall–Kier alpha value is -0.890. The van der Waals surface area contributed by atoms with Gasteiger partial charge in [0.1, 0.15) is 0 Å². The van der Waals surface area contributed by atoms with Crippen molar-refractivity contribution in [2.24, 2.45) is 0 Å². The SMILES string of the molecule is CCCN(CCC)C(C)c1nc(C)ccc1C. The minimum absolute atomic E-state index is 0.426. The molecule has 0 aromatic carbocycles. The van der Waals surface area contributed by atoms with E-state index in [1.165, 1.54) is 24.1 Å². The van der Waals surface area contributed by atoms with Gasteiger partial charge in [-0.1, -0.05) is 19.9 Å². The number of nitrogens with zero attached hydrogens (tertiary/aromatic N) is 2. The minimum Gasteiger partial charge on any atom is -0.295 e. The largest absolute Gasteiger partial charge is 0.295 e. The van der Waals surface area contributed by atoms with E-state index in [0.717, 1.165) is 18.8 Å². The lowest BCUT2D eigenvalue weighted by molar-refractivity contribution is 0.207. The van der Waals surface area contributed by atoms with E-state index in [1.807, 2.05) is 0 Å². The molecule has 0 aliphatic heterocycles. The van der Waals surface area contributed by atoms with Gasteiger partial charge in [-0.15, -0.1) is 0 Å².